The van der Waals surface area contributed by atoms with Crippen LogP contribution in [0.1, 0.15) is 63.7 Å². The third-order valence-electron chi connectivity index (χ3n) is 9.20. The lowest BCUT2D eigenvalue weighted by molar-refractivity contribution is 0.0599. The molecule has 10 nitrogen and oxygen atoms in total. The van der Waals surface area contributed by atoms with Crippen LogP contribution in [0.3, 0.4) is 0 Å². The number of fused-ring (bicyclic) bond motifs is 1. The summed E-state index contributed by atoms with van der Waals surface area (Å²) in [4.78, 5) is 50.1. The second-order valence-electron chi connectivity index (χ2n) is 13.2. The van der Waals surface area contributed by atoms with Gasteiger partial charge in [-0.05, 0) is 98.9 Å². The van der Waals surface area contributed by atoms with Crippen LogP contribution in [0.2, 0.25) is 0 Å². The van der Waals surface area contributed by atoms with Crippen molar-refractivity contribution in [2.24, 2.45) is 5.73 Å². The van der Waals surface area contributed by atoms with E-state index in [-0.39, 0.29) is 30.0 Å². The molecule has 1 heterocycles. The zero-order valence-corrected chi connectivity index (χ0v) is 34.1. The SMILES string of the molecule is C=C1CN(Cc2ccc(C(=O)Cc3ccccc3N)cc2)C(=O)c2ccccc21.COC(=O)c1ccccc1I.NCc1ccc(C(=O)Nc2ccccc2N)cc1. The number of ketones is 1. The van der Waals surface area contributed by atoms with Gasteiger partial charge < -0.3 is 32.2 Å². The molecule has 58 heavy (non-hydrogen) atoms. The molecule has 0 atom stereocenters. The van der Waals surface area contributed by atoms with Gasteiger partial charge in [0.25, 0.3) is 11.8 Å². The van der Waals surface area contributed by atoms with E-state index in [1.54, 1.807) is 41.3 Å². The van der Waals surface area contributed by atoms with E-state index in [0.29, 0.717) is 59.0 Å². The number of para-hydroxylation sites is 3. The van der Waals surface area contributed by atoms with Gasteiger partial charge in [0, 0.05) is 52.0 Å². The molecule has 6 aromatic carbocycles. The van der Waals surface area contributed by atoms with E-state index in [4.69, 9.17) is 17.2 Å². The molecule has 0 fully saturated rings. The summed E-state index contributed by atoms with van der Waals surface area (Å²) in [6.45, 7) is 5.57. The van der Waals surface area contributed by atoms with Crippen LogP contribution in [-0.2, 0) is 24.2 Å². The molecule has 0 radical (unpaired) electrons. The first kappa shape index (κ1) is 42.6. The lowest BCUT2D eigenvalue weighted by Gasteiger charge is -2.30. The van der Waals surface area contributed by atoms with Crippen LogP contribution >= 0.6 is 22.6 Å². The number of methoxy groups -OCH3 is 1. The van der Waals surface area contributed by atoms with Crippen LogP contribution in [0.4, 0.5) is 17.1 Å². The molecule has 7 rings (SSSR count). The number of esters is 1. The molecule has 294 valence electrons. The third-order valence-corrected chi connectivity index (χ3v) is 10.1. The standard InChI is InChI=1S/C25H22N2O2.C14H15N3O.C8H7IO2/c1-17-15-27(25(29)22-8-4-3-7-21(17)22)16-18-10-12-19(13-11-18)24(28)14-20-6-2-5-9-23(20)26;15-9-10-5-7-11(8-6-10)14(18)17-13-4-2-1-3-12(13)16;1-11-8(10)6-4-2-3-5-7(6)9/h2-13H,1,14-16,26H2;1-8H,9,15-16H2,(H,17,18);2-5H,1H3. The number of ether oxygens (including phenoxy) is 1. The molecule has 7 N–H and O–H groups in total. The van der Waals surface area contributed by atoms with E-state index in [1.165, 1.54) is 7.11 Å². The molecule has 0 saturated heterocycles. The quantitative estimate of drug-likeness (QED) is 0.0485. The Bertz CT molecular complexity index is 2410. The van der Waals surface area contributed by atoms with Gasteiger partial charge in [-0.3, -0.25) is 14.4 Å². The zero-order chi connectivity index (χ0) is 41.6. The molecule has 1 aliphatic heterocycles. The average molecular weight is 886 g/mol. The van der Waals surface area contributed by atoms with Crippen LogP contribution in [0, 0.1) is 3.57 Å². The number of Topliss-reactive ketones (excluding diaryl/α,β-unsaturated/α-hetero) is 1. The van der Waals surface area contributed by atoms with Gasteiger partial charge in [0.2, 0.25) is 0 Å². The highest BCUT2D eigenvalue weighted by atomic mass is 127. The fourth-order valence-corrected chi connectivity index (χ4v) is 6.59. The first-order valence-corrected chi connectivity index (χ1v) is 19.4. The van der Waals surface area contributed by atoms with Crippen LogP contribution in [0.15, 0.2) is 152 Å². The first-order valence-electron chi connectivity index (χ1n) is 18.3. The normalized spacial score (nSPS) is 11.5. The number of hydrogen-bond donors (Lipinski definition) is 4. The molecule has 0 aliphatic carbocycles. The third kappa shape index (κ3) is 11.3. The van der Waals surface area contributed by atoms with Gasteiger partial charge in [0.1, 0.15) is 0 Å². The number of rotatable bonds is 9. The van der Waals surface area contributed by atoms with Crippen LogP contribution in [-0.4, -0.2) is 42.1 Å². The van der Waals surface area contributed by atoms with Gasteiger partial charge in [-0.1, -0.05) is 104 Å². The van der Waals surface area contributed by atoms with Crippen molar-refractivity contribution in [2.45, 2.75) is 19.5 Å². The molecule has 0 unspecified atom stereocenters. The topological polar surface area (TPSA) is 171 Å². The lowest BCUT2D eigenvalue weighted by Crippen LogP contribution is -2.36. The molecular formula is C47H44IN5O5. The molecule has 1 aliphatic rings. The number of benzene rings is 6. The highest BCUT2D eigenvalue weighted by Gasteiger charge is 2.26. The minimum absolute atomic E-state index is 0.00713. The predicted molar refractivity (Wildman–Crippen MR) is 239 cm³/mol. The van der Waals surface area contributed by atoms with E-state index in [0.717, 1.165) is 31.4 Å². The fraction of sp³-hybridized carbons (Fsp3) is 0.106. The summed E-state index contributed by atoms with van der Waals surface area (Å²) in [5.74, 6) is -0.440. The Labute approximate surface area is 351 Å². The van der Waals surface area contributed by atoms with Crippen molar-refractivity contribution in [1.29, 1.82) is 0 Å². The average Bonchev–Trinajstić information content (AvgIpc) is 3.25. The van der Waals surface area contributed by atoms with Gasteiger partial charge in [0.05, 0.1) is 24.0 Å². The molecule has 11 heteroatoms. The Morgan fingerprint density at radius 2 is 1.29 bits per heavy atom. The number of anilines is 3. The number of nitrogens with one attached hydrogen (secondary N) is 1. The molecule has 0 spiro atoms. The number of nitrogen functional groups attached to an aromatic ring is 2. The Morgan fingerprint density at radius 3 is 1.93 bits per heavy atom. The highest BCUT2D eigenvalue weighted by molar-refractivity contribution is 14.1. The zero-order valence-electron chi connectivity index (χ0n) is 32.0. The van der Waals surface area contributed by atoms with Gasteiger partial charge in [-0.2, -0.15) is 0 Å². The van der Waals surface area contributed by atoms with Crippen molar-refractivity contribution in [1.82, 2.24) is 4.90 Å². The van der Waals surface area contributed by atoms with E-state index in [2.05, 4.69) is 39.2 Å². The summed E-state index contributed by atoms with van der Waals surface area (Å²) in [6.07, 6.45) is 0.271. The number of carbonyl (C=O) groups is 4. The molecule has 0 aromatic heterocycles. The van der Waals surface area contributed by atoms with Gasteiger partial charge in [-0.15, -0.1) is 0 Å². The maximum Gasteiger partial charge on any atom is 0.338 e. The summed E-state index contributed by atoms with van der Waals surface area (Å²) in [5.41, 5.74) is 26.2. The second-order valence-corrected chi connectivity index (χ2v) is 14.4. The highest BCUT2D eigenvalue weighted by Crippen LogP contribution is 2.27. The van der Waals surface area contributed by atoms with Crippen molar-refractivity contribution in [3.63, 3.8) is 0 Å². The van der Waals surface area contributed by atoms with E-state index < -0.39 is 0 Å². The Kier molecular flexibility index (Phi) is 15.1. The largest absolute Gasteiger partial charge is 0.465 e. The van der Waals surface area contributed by atoms with Gasteiger partial charge in [-0.25, -0.2) is 4.79 Å². The molecule has 2 amide bonds. The maximum absolute atomic E-state index is 12.8. The number of hydrogen-bond acceptors (Lipinski definition) is 8. The number of halogens is 1. The van der Waals surface area contributed by atoms with Crippen molar-refractivity contribution in [3.05, 3.63) is 200 Å². The number of amides is 2. The number of nitrogens with two attached hydrogens (primary N) is 3. The Morgan fingerprint density at radius 1 is 0.724 bits per heavy atom. The van der Waals surface area contributed by atoms with Crippen LogP contribution in [0.25, 0.3) is 5.57 Å². The van der Waals surface area contributed by atoms with Crippen molar-refractivity contribution < 1.29 is 23.9 Å². The van der Waals surface area contributed by atoms with Crippen molar-refractivity contribution in [2.75, 3.05) is 30.4 Å². The van der Waals surface area contributed by atoms with Gasteiger partial charge >= 0.3 is 5.97 Å². The fourth-order valence-electron chi connectivity index (χ4n) is 5.98. The summed E-state index contributed by atoms with van der Waals surface area (Å²) in [7, 11) is 1.38. The molecule has 6 aromatic rings. The van der Waals surface area contributed by atoms with Crippen LogP contribution < -0.4 is 22.5 Å². The van der Waals surface area contributed by atoms with Crippen molar-refractivity contribution in [3.8, 4) is 0 Å². The monoisotopic (exact) mass is 885 g/mol. The molecular weight excluding hydrogens is 841 g/mol. The first-order chi connectivity index (χ1) is 28.0. The minimum atomic E-state index is -0.282. The second kappa shape index (κ2) is 20.6. The van der Waals surface area contributed by atoms with Crippen molar-refractivity contribution >= 4 is 68.8 Å². The maximum atomic E-state index is 12.8. The number of nitrogens with zero attached hydrogens (tertiary/aromatic N) is 1. The van der Waals surface area contributed by atoms with E-state index in [9.17, 15) is 19.2 Å². The summed E-state index contributed by atoms with van der Waals surface area (Å²) >= 11 is 2.10. The lowest BCUT2D eigenvalue weighted by atomic mass is 9.95. The smallest absolute Gasteiger partial charge is 0.338 e. The van der Waals surface area contributed by atoms with Gasteiger partial charge in [0.15, 0.2) is 5.78 Å². The predicted octanol–water partition coefficient (Wildman–Crippen LogP) is 8.42. The molecule has 0 saturated carbocycles. The number of carbonyl (C=O) groups excluding carboxylic acids is 4. The summed E-state index contributed by atoms with van der Waals surface area (Å²) < 4.78 is 5.49. The Hall–Kier alpha value is -6.57. The molecule has 0 bridgehead atoms. The van der Waals surface area contributed by atoms with E-state index >= 15 is 0 Å². The summed E-state index contributed by atoms with van der Waals surface area (Å²) in [5, 5.41) is 2.77. The minimum Gasteiger partial charge on any atom is -0.465 e. The van der Waals surface area contributed by atoms with E-state index in [1.807, 2.05) is 109 Å². The summed E-state index contributed by atoms with van der Waals surface area (Å²) in [6, 6.07) is 44.0. The van der Waals surface area contributed by atoms with Crippen LogP contribution in [0.5, 0.6) is 0 Å². The Balaban J connectivity index is 0.000000187.